The molecule has 0 unspecified atom stereocenters. The van der Waals surface area contributed by atoms with E-state index in [4.69, 9.17) is 11.6 Å². The van der Waals surface area contributed by atoms with Crippen molar-refractivity contribution in [3.8, 4) is 0 Å². The molecule has 2 aromatic carbocycles. The summed E-state index contributed by atoms with van der Waals surface area (Å²) in [5.41, 5.74) is 0. The van der Waals surface area contributed by atoms with Crippen LogP contribution in [0.1, 0.15) is 31.7 Å². The van der Waals surface area contributed by atoms with E-state index in [9.17, 15) is 13.2 Å². The molecule has 0 N–H and O–H groups in total. The highest BCUT2D eigenvalue weighted by Gasteiger charge is 2.34. The summed E-state index contributed by atoms with van der Waals surface area (Å²) in [4.78, 5) is 15.2. The summed E-state index contributed by atoms with van der Waals surface area (Å²) in [5.74, 6) is 0.157. The highest BCUT2D eigenvalue weighted by atomic mass is 35.5. The number of carbonyl (C=O) groups excluding carboxylic acids is 1. The Balaban J connectivity index is 1.20. The zero-order chi connectivity index (χ0) is 23.0. The number of sulfonamides is 1. The Morgan fingerprint density at radius 1 is 0.879 bits per heavy atom. The fraction of sp³-hybridized carbons (Fsp3) is 0.435. The summed E-state index contributed by atoms with van der Waals surface area (Å²) < 4.78 is 29.9. The quantitative estimate of drug-likeness (QED) is 0.563. The molecule has 1 saturated carbocycles. The maximum Gasteiger partial charge on any atom is 0.243 e. The lowest BCUT2D eigenvalue weighted by atomic mass is 9.85. The largest absolute Gasteiger partial charge is 0.340 e. The van der Waals surface area contributed by atoms with Crippen molar-refractivity contribution in [1.82, 2.24) is 24.0 Å². The third-order valence-electron chi connectivity index (χ3n) is 6.87. The number of benzene rings is 2. The molecule has 1 aliphatic carbocycles. The first-order valence-electron chi connectivity index (χ1n) is 11.2. The summed E-state index contributed by atoms with van der Waals surface area (Å²) in [6.45, 7) is 1.46. The molecule has 10 heteroatoms. The average molecular weight is 488 g/mol. The number of nitrogens with zero attached hydrogens (tertiary/aromatic N) is 5. The van der Waals surface area contributed by atoms with Gasteiger partial charge in [0.2, 0.25) is 15.9 Å². The lowest BCUT2D eigenvalue weighted by molar-refractivity contribution is -0.138. The molecule has 2 aliphatic rings. The number of carbonyl (C=O) groups is 1. The van der Waals surface area contributed by atoms with Crippen LogP contribution < -0.4 is 0 Å². The van der Waals surface area contributed by atoms with Crippen LogP contribution in [-0.2, 0) is 14.8 Å². The lowest BCUT2D eigenvalue weighted by Crippen LogP contribution is -2.52. The Kier molecular flexibility index (Phi) is 6.11. The number of piperazine rings is 1. The van der Waals surface area contributed by atoms with Crippen molar-refractivity contribution in [2.75, 3.05) is 26.2 Å². The second kappa shape index (κ2) is 9.04. The molecule has 0 bridgehead atoms. The van der Waals surface area contributed by atoms with E-state index in [2.05, 4.69) is 10.2 Å². The normalized spacial score (nSPS) is 22.5. The average Bonchev–Trinajstić information content (AvgIpc) is 3.38. The van der Waals surface area contributed by atoms with E-state index < -0.39 is 10.0 Å². The highest BCUT2D eigenvalue weighted by Crippen LogP contribution is 2.33. The molecule has 174 valence electrons. The molecule has 3 aromatic rings. The van der Waals surface area contributed by atoms with Crippen LogP contribution in [0.15, 0.2) is 53.9 Å². The van der Waals surface area contributed by atoms with Gasteiger partial charge in [-0.2, -0.15) is 4.31 Å². The van der Waals surface area contributed by atoms with Gasteiger partial charge in [-0.15, -0.1) is 10.2 Å². The number of fused-ring (bicyclic) bond motifs is 1. The summed E-state index contributed by atoms with van der Waals surface area (Å²) in [6, 6.07) is 10.8. The van der Waals surface area contributed by atoms with Crippen molar-refractivity contribution in [3.05, 3.63) is 54.1 Å². The van der Waals surface area contributed by atoms with Gasteiger partial charge >= 0.3 is 0 Å². The van der Waals surface area contributed by atoms with Crippen molar-refractivity contribution >= 4 is 38.3 Å². The molecule has 33 heavy (non-hydrogen) atoms. The number of hydrogen-bond donors (Lipinski definition) is 0. The monoisotopic (exact) mass is 487 g/mol. The van der Waals surface area contributed by atoms with Crippen LogP contribution in [0.25, 0.3) is 10.8 Å². The van der Waals surface area contributed by atoms with Gasteiger partial charge in [-0.05, 0) is 60.7 Å². The minimum absolute atomic E-state index is 0.00759. The van der Waals surface area contributed by atoms with E-state index in [1.165, 1.54) is 4.31 Å². The third-order valence-corrected chi connectivity index (χ3v) is 9.00. The molecule has 0 spiro atoms. The molecule has 8 nitrogen and oxygen atoms in total. The molecule has 2 fully saturated rings. The molecule has 0 radical (unpaired) electrons. The second-order valence-electron chi connectivity index (χ2n) is 8.80. The first-order valence-corrected chi connectivity index (χ1v) is 13.1. The van der Waals surface area contributed by atoms with Crippen molar-refractivity contribution in [2.24, 2.45) is 5.92 Å². The van der Waals surface area contributed by atoms with Gasteiger partial charge in [-0.3, -0.25) is 4.79 Å². The molecular weight excluding hydrogens is 462 g/mol. The van der Waals surface area contributed by atoms with Crippen molar-refractivity contribution in [1.29, 1.82) is 0 Å². The van der Waals surface area contributed by atoms with Crippen molar-refractivity contribution < 1.29 is 13.2 Å². The van der Waals surface area contributed by atoms with Gasteiger partial charge in [0, 0.05) is 43.2 Å². The van der Waals surface area contributed by atoms with E-state index >= 15 is 0 Å². The summed E-state index contributed by atoms with van der Waals surface area (Å²) in [5, 5.41) is 10.1. The number of aromatic nitrogens is 3. The van der Waals surface area contributed by atoms with E-state index in [1.54, 1.807) is 36.9 Å². The standard InChI is InChI=1S/C23H26ClN5O3S/c24-20-5-1-19-14-22(8-4-18(19)13-20)33(31,32)29-11-9-27(10-12-29)23(30)17-2-6-21(7-3-17)28-15-25-26-16-28/h1,4-5,8,13-17,21H,2-3,6-7,9-12H2. The van der Waals surface area contributed by atoms with Crippen LogP contribution in [0.2, 0.25) is 5.02 Å². The Morgan fingerprint density at radius 2 is 1.52 bits per heavy atom. The minimum Gasteiger partial charge on any atom is -0.340 e. The van der Waals surface area contributed by atoms with Crippen LogP contribution in [0.4, 0.5) is 0 Å². The van der Waals surface area contributed by atoms with Gasteiger partial charge in [-0.25, -0.2) is 8.42 Å². The minimum atomic E-state index is -3.62. The van der Waals surface area contributed by atoms with Crippen LogP contribution in [-0.4, -0.2) is 64.5 Å². The van der Waals surface area contributed by atoms with Gasteiger partial charge in [0.05, 0.1) is 4.90 Å². The molecule has 0 atom stereocenters. The predicted octanol–water partition coefficient (Wildman–Crippen LogP) is 3.35. The maximum atomic E-state index is 13.2. The maximum absolute atomic E-state index is 13.2. The fourth-order valence-electron chi connectivity index (χ4n) is 4.93. The van der Waals surface area contributed by atoms with E-state index in [0.29, 0.717) is 37.2 Å². The summed E-state index contributed by atoms with van der Waals surface area (Å²) in [7, 11) is -3.62. The van der Waals surface area contributed by atoms with Gasteiger partial charge in [0.15, 0.2) is 0 Å². The van der Waals surface area contributed by atoms with E-state index in [-0.39, 0.29) is 16.7 Å². The summed E-state index contributed by atoms with van der Waals surface area (Å²) in [6.07, 6.45) is 6.99. The van der Waals surface area contributed by atoms with Crippen LogP contribution in [0.5, 0.6) is 0 Å². The molecule has 1 amide bonds. The smallest absolute Gasteiger partial charge is 0.243 e. The molecule has 2 heterocycles. The van der Waals surface area contributed by atoms with E-state index in [1.807, 2.05) is 21.6 Å². The number of hydrogen-bond acceptors (Lipinski definition) is 5. The Hall–Kier alpha value is -2.49. The third kappa shape index (κ3) is 4.49. The van der Waals surface area contributed by atoms with Gasteiger partial charge in [0.25, 0.3) is 0 Å². The molecule has 5 rings (SSSR count). The molecule has 1 saturated heterocycles. The molecular formula is C23H26ClN5O3S. The number of halogens is 1. The Bertz CT molecular complexity index is 1250. The zero-order valence-electron chi connectivity index (χ0n) is 18.2. The van der Waals surface area contributed by atoms with Crippen molar-refractivity contribution in [3.63, 3.8) is 0 Å². The van der Waals surface area contributed by atoms with Crippen LogP contribution in [0.3, 0.4) is 0 Å². The van der Waals surface area contributed by atoms with Crippen LogP contribution >= 0.6 is 11.6 Å². The van der Waals surface area contributed by atoms with Crippen molar-refractivity contribution in [2.45, 2.75) is 36.6 Å². The Morgan fingerprint density at radius 3 is 2.21 bits per heavy atom. The van der Waals surface area contributed by atoms with Gasteiger partial charge in [0.1, 0.15) is 12.7 Å². The number of rotatable bonds is 4. The van der Waals surface area contributed by atoms with Gasteiger partial charge in [-0.1, -0.05) is 23.7 Å². The fourth-order valence-corrected chi connectivity index (χ4v) is 6.57. The predicted molar refractivity (Wildman–Crippen MR) is 125 cm³/mol. The van der Waals surface area contributed by atoms with Gasteiger partial charge < -0.3 is 9.47 Å². The number of amides is 1. The van der Waals surface area contributed by atoms with E-state index in [0.717, 1.165) is 36.5 Å². The Labute approximate surface area is 198 Å². The SMILES string of the molecule is O=C(C1CCC(n2cnnc2)CC1)N1CCN(S(=O)(=O)c2ccc3cc(Cl)ccc3c2)CC1. The summed E-state index contributed by atoms with van der Waals surface area (Å²) >= 11 is 6.03. The zero-order valence-corrected chi connectivity index (χ0v) is 19.7. The highest BCUT2D eigenvalue weighted by molar-refractivity contribution is 7.89. The first-order chi connectivity index (χ1) is 15.9. The van der Waals surface area contributed by atoms with Crippen LogP contribution in [0, 0.1) is 5.92 Å². The molecule has 1 aliphatic heterocycles. The molecule has 1 aromatic heterocycles. The first kappa shape index (κ1) is 22.3. The second-order valence-corrected chi connectivity index (χ2v) is 11.2. The lowest BCUT2D eigenvalue weighted by Gasteiger charge is -2.37. The topological polar surface area (TPSA) is 88.4 Å².